The second-order valence-corrected chi connectivity index (χ2v) is 4.46. The summed E-state index contributed by atoms with van der Waals surface area (Å²) in [5.74, 6) is 0.486. The van der Waals surface area contributed by atoms with E-state index < -0.39 is 17.9 Å². The van der Waals surface area contributed by atoms with Crippen molar-refractivity contribution in [3.05, 3.63) is 28.2 Å². The van der Waals surface area contributed by atoms with Crippen molar-refractivity contribution in [1.82, 2.24) is 5.32 Å². The molecule has 6 heteroatoms. The van der Waals surface area contributed by atoms with Crippen molar-refractivity contribution in [1.29, 1.82) is 0 Å². The topological polar surface area (TPSA) is 92.4 Å². The molecule has 18 heavy (non-hydrogen) atoms. The highest BCUT2D eigenvalue weighted by molar-refractivity contribution is 9.10. The number of nitrogens with two attached hydrogens (primary N) is 1. The minimum absolute atomic E-state index is 0.0788. The summed E-state index contributed by atoms with van der Waals surface area (Å²) >= 11 is 3.20. The molecule has 0 fully saturated rings. The molecule has 0 saturated heterocycles. The van der Waals surface area contributed by atoms with Gasteiger partial charge in [-0.15, -0.1) is 12.3 Å². The first kappa shape index (κ1) is 14.1. The van der Waals surface area contributed by atoms with E-state index in [1.165, 1.54) is 6.07 Å². The molecule has 1 unspecified atom stereocenters. The molecule has 5 nitrogen and oxygen atoms in total. The molecule has 94 valence electrons. The standard InChI is InChI=1S/C12H11BrN2O3/c1-2-3-10(12(17)18)15-11(16)7-4-8(13)6-9(14)5-7/h1,4-6,10H,3,14H2,(H,15,16)(H,17,18). The first-order chi connectivity index (χ1) is 8.43. The SMILES string of the molecule is C#CCC(NC(=O)c1cc(N)cc(Br)c1)C(=O)O. The van der Waals surface area contributed by atoms with Crippen molar-refractivity contribution >= 4 is 33.5 Å². The van der Waals surface area contributed by atoms with E-state index >= 15 is 0 Å². The zero-order valence-corrected chi connectivity index (χ0v) is 10.9. The first-order valence-electron chi connectivity index (χ1n) is 4.97. The fraction of sp³-hybridized carbons (Fsp3) is 0.167. The van der Waals surface area contributed by atoms with Gasteiger partial charge in [-0.25, -0.2) is 4.79 Å². The van der Waals surface area contributed by atoms with E-state index in [2.05, 4.69) is 27.2 Å². The maximum atomic E-state index is 11.8. The molecule has 1 amide bonds. The molecule has 0 aromatic heterocycles. The molecule has 0 aliphatic heterocycles. The smallest absolute Gasteiger partial charge is 0.327 e. The Morgan fingerprint density at radius 1 is 1.50 bits per heavy atom. The molecule has 0 aliphatic carbocycles. The van der Waals surface area contributed by atoms with E-state index in [1.54, 1.807) is 12.1 Å². The number of hydrogen-bond acceptors (Lipinski definition) is 3. The molecule has 1 aromatic rings. The quantitative estimate of drug-likeness (QED) is 0.576. The van der Waals surface area contributed by atoms with Gasteiger partial charge in [-0.3, -0.25) is 4.79 Å². The lowest BCUT2D eigenvalue weighted by molar-refractivity contribution is -0.139. The van der Waals surface area contributed by atoms with Crippen LogP contribution in [0.2, 0.25) is 0 Å². The summed E-state index contributed by atoms with van der Waals surface area (Å²) in [6.45, 7) is 0. The lowest BCUT2D eigenvalue weighted by Crippen LogP contribution is -2.40. The minimum atomic E-state index is -1.18. The van der Waals surface area contributed by atoms with Crippen LogP contribution in [-0.2, 0) is 4.79 Å². The van der Waals surface area contributed by atoms with E-state index in [0.29, 0.717) is 10.2 Å². The Morgan fingerprint density at radius 3 is 2.67 bits per heavy atom. The minimum Gasteiger partial charge on any atom is -0.480 e. The highest BCUT2D eigenvalue weighted by Gasteiger charge is 2.19. The molecule has 1 atom stereocenters. The number of rotatable bonds is 4. The molecule has 0 bridgehead atoms. The summed E-state index contributed by atoms with van der Waals surface area (Å²) in [5.41, 5.74) is 6.26. The zero-order valence-electron chi connectivity index (χ0n) is 9.31. The van der Waals surface area contributed by atoms with Gasteiger partial charge in [0.2, 0.25) is 0 Å². The number of benzene rings is 1. The number of nitrogens with one attached hydrogen (secondary N) is 1. The Bertz CT molecular complexity index is 502. The Balaban J connectivity index is 2.87. The van der Waals surface area contributed by atoms with Crippen LogP contribution in [0.3, 0.4) is 0 Å². The van der Waals surface area contributed by atoms with Gasteiger partial charge in [0.1, 0.15) is 6.04 Å². The van der Waals surface area contributed by atoms with Gasteiger partial charge in [0.25, 0.3) is 5.91 Å². The maximum Gasteiger partial charge on any atom is 0.327 e. The van der Waals surface area contributed by atoms with Crippen molar-refractivity contribution in [3.63, 3.8) is 0 Å². The normalized spacial score (nSPS) is 11.3. The number of aliphatic carboxylic acids is 1. The Kier molecular flexibility index (Phi) is 4.75. The predicted molar refractivity (Wildman–Crippen MR) is 70.9 cm³/mol. The molecule has 0 spiro atoms. The van der Waals surface area contributed by atoms with Crippen molar-refractivity contribution < 1.29 is 14.7 Å². The summed E-state index contributed by atoms with van der Waals surface area (Å²) < 4.78 is 0.636. The number of terminal acetylenes is 1. The highest BCUT2D eigenvalue weighted by atomic mass is 79.9. The van der Waals surface area contributed by atoms with Gasteiger partial charge in [-0.05, 0) is 18.2 Å². The van der Waals surface area contributed by atoms with Crippen molar-refractivity contribution in [2.24, 2.45) is 0 Å². The molecular formula is C12H11BrN2O3. The van der Waals surface area contributed by atoms with E-state index in [0.717, 1.165) is 0 Å². The van der Waals surface area contributed by atoms with Crippen molar-refractivity contribution in [2.45, 2.75) is 12.5 Å². The van der Waals surface area contributed by atoms with Crippen molar-refractivity contribution in [2.75, 3.05) is 5.73 Å². The van der Waals surface area contributed by atoms with Crippen LogP contribution in [0.5, 0.6) is 0 Å². The number of amides is 1. The molecule has 1 rings (SSSR count). The van der Waals surface area contributed by atoms with Crippen LogP contribution in [-0.4, -0.2) is 23.0 Å². The molecule has 0 aliphatic rings. The van der Waals surface area contributed by atoms with Crippen LogP contribution in [0.1, 0.15) is 16.8 Å². The number of carboxylic acid groups (broad SMARTS) is 1. The summed E-state index contributed by atoms with van der Waals surface area (Å²) in [5, 5.41) is 11.2. The van der Waals surface area contributed by atoms with Gasteiger partial charge < -0.3 is 16.2 Å². The summed E-state index contributed by atoms with van der Waals surface area (Å²) in [6.07, 6.45) is 4.96. The second kappa shape index (κ2) is 6.07. The van der Waals surface area contributed by atoms with Gasteiger partial charge in [0, 0.05) is 22.1 Å². The van der Waals surface area contributed by atoms with E-state index in [4.69, 9.17) is 17.3 Å². The Hall–Kier alpha value is -2.00. The monoisotopic (exact) mass is 310 g/mol. The van der Waals surface area contributed by atoms with Gasteiger partial charge in [0.05, 0.1) is 0 Å². The van der Waals surface area contributed by atoms with Gasteiger partial charge in [-0.2, -0.15) is 0 Å². The van der Waals surface area contributed by atoms with Crippen molar-refractivity contribution in [3.8, 4) is 12.3 Å². The number of hydrogen-bond donors (Lipinski definition) is 3. The third-order valence-corrected chi connectivity index (χ3v) is 2.57. The molecule has 0 radical (unpaired) electrons. The zero-order chi connectivity index (χ0) is 13.7. The number of halogens is 1. The van der Waals surface area contributed by atoms with Crippen LogP contribution >= 0.6 is 15.9 Å². The van der Waals surface area contributed by atoms with E-state index in [9.17, 15) is 9.59 Å². The number of carbonyl (C=O) groups is 2. The van der Waals surface area contributed by atoms with Gasteiger partial charge in [0.15, 0.2) is 0 Å². The van der Waals surface area contributed by atoms with Crippen LogP contribution in [0, 0.1) is 12.3 Å². The lowest BCUT2D eigenvalue weighted by Gasteiger charge is -2.12. The average Bonchev–Trinajstić information content (AvgIpc) is 2.26. The Labute approximate surface area is 112 Å². The van der Waals surface area contributed by atoms with E-state index in [1.807, 2.05) is 0 Å². The van der Waals surface area contributed by atoms with Crippen LogP contribution in [0.25, 0.3) is 0 Å². The number of carbonyl (C=O) groups excluding carboxylic acids is 1. The summed E-state index contributed by atoms with van der Waals surface area (Å²) in [7, 11) is 0. The second-order valence-electron chi connectivity index (χ2n) is 3.55. The maximum absolute atomic E-state index is 11.8. The highest BCUT2D eigenvalue weighted by Crippen LogP contribution is 2.17. The molecule has 1 aromatic carbocycles. The fourth-order valence-electron chi connectivity index (χ4n) is 1.30. The molecule has 0 heterocycles. The third kappa shape index (κ3) is 3.79. The van der Waals surface area contributed by atoms with Gasteiger partial charge >= 0.3 is 5.97 Å². The Morgan fingerprint density at radius 2 is 2.17 bits per heavy atom. The summed E-state index contributed by atoms with van der Waals surface area (Å²) in [4.78, 5) is 22.7. The summed E-state index contributed by atoms with van der Waals surface area (Å²) in [6, 6.07) is 3.52. The lowest BCUT2D eigenvalue weighted by atomic mass is 10.1. The fourth-order valence-corrected chi connectivity index (χ4v) is 1.81. The van der Waals surface area contributed by atoms with E-state index in [-0.39, 0.29) is 12.0 Å². The largest absolute Gasteiger partial charge is 0.480 e. The first-order valence-corrected chi connectivity index (χ1v) is 5.76. The van der Waals surface area contributed by atoms with Crippen LogP contribution in [0.15, 0.2) is 22.7 Å². The third-order valence-electron chi connectivity index (χ3n) is 2.11. The molecular weight excluding hydrogens is 300 g/mol. The number of nitrogen functional groups attached to an aromatic ring is 1. The number of carboxylic acids is 1. The molecule has 4 N–H and O–H groups in total. The predicted octanol–water partition coefficient (Wildman–Crippen LogP) is 1.24. The van der Waals surface area contributed by atoms with Crippen LogP contribution in [0.4, 0.5) is 5.69 Å². The average molecular weight is 311 g/mol. The van der Waals surface area contributed by atoms with Crippen LogP contribution < -0.4 is 11.1 Å². The number of anilines is 1. The van der Waals surface area contributed by atoms with Gasteiger partial charge in [-0.1, -0.05) is 15.9 Å². The molecule has 0 saturated carbocycles.